The number of aromatic amines is 1. The Morgan fingerprint density at radius 1 is 1.23 bits per heavy atom. The number of H-pyrrole nitrogens is 1. The van der Waals surface area contributed by atoms with Crippen LogP contribution in [0.15, 0.2) is 17.8 Å². The average Bonchev–Trinajstić information content (AvgIpc) is 3.37. The number of amides is 1. The van der Waals surface area contributed by atoms with Gasteiger partial charge in [-0.25, -0.2) is 14.8 Å². The van der Waals surface area contributed by atoms with E-state index in [-0.39, 0.29) is 5.91 Å². The molecule has 1 fully saturated rings. The zero-order valence-corrected chi connectivity index (χ0v) is 18.2. The summed E-state index contributed by atoms with van der Waals surface area (Å²) in [5.74, 6) is 0.447. The number of aromatic nitrogens is 3. The summed E-state index contributed by atoms with van der Waals surface area (Å²) in [5, 5.41) is 3.07. The van der Waals surface area contributed by atoms with Crippen LogP contribution in [0.4, 0.5) is 5.82 Å². The minimum atomic E-state index is -0.403. The predicted octanol–water partition coefficient (Wildman–Crippen LogP) is 3.03. The lowest BCUT2D eigenvalue weighted by atomic mass is 10.0. The summed E-state index contributed by atoms with van der Waals surface area (Å²) in [6.45, 7) is 6.41. The molecule has 1 aliphatic heterocycles. The van der Waals surface area contributed by atoms with Crippen LogP contribution in [0, 0.1) is 6.92 Å². The molecule has 3 aromatic rings. The number of piperazine rings is 1. The van der Waals surface area contributed by atoms with Gasteiger partial charge < -0.3 is 19.5 Å². The lowest BCUT2D eigenvalue weighted by molar-refractivity contribution is 0.0599. The maximum absolute atomic E-state index is 13.3. The van der Waals surface area contributed by atoms with E-state index in [1.54, 1.807) is 24.6 Å². The molecule has 0 bridgehead atoms. The van der Waals surface area contributed by atoms with Gasteiger partial charge in [-0.15, -0.1) is 11.3 Å². The minimum absolute atomic E-state index is 0.0697. The van der Waals surface area contributed by atoms with E-state index in [0.29, 0.717) is 49.6 Å². The number of hydrogen-bond acceptors (Lipinski definition) is 7. The number of esters is 1. The third kappa shape index (κ3) is 3.54. The largest absolute Gasteiger partial charge is 0.465 e. The number of nitrogens with one attached hydrogen (secondary N) is 1. The number of carbonyl (C=O) groups is 2. The second-order valence-corrected chi connectivity index (χ2v) is 8.23. The quantitative estimate of drug-likeness (QED) is 0.630. The standard InChI is InChI=1S/C21H25N5O3S/c1-4-5-14-16(21(28)29-3)13(2)24-17(14)20(27)26-9-7-25(8-10-26)18-15-6-11-30-19(15)23-12-22-18/h6,11-12,24H,4-5,7-10H2,1-3H3. The number of anilines is 1. The van der Waals surface area contributed by atoms with Gasteiger partial charge in [-0.1, -0.05) is 13.3 Å². The normalized spacial score (nSPS) is 14.4. The van der Waals surface area contributed by atoms with Gasteiger partial charge in [0.15, 0.2) is 0 Å². The molecule has 0 unspecified atom stereocenters. The number of fused-ring (bicyclic) bond motifs is 1. The van der Waals surface area contributed by atoms with Crippen LogP contribution in [0.1, 0.15) is 45.4 Å². The molecular weight excluding hydrogens is 402 g/mol. The zero-order chi connectivity index (χ0) is 21.3. The van der Waals surface area contributed by atoms with Crippen molar-refractivity contribution in [1.29, 1.82) is 0 Å². The molecule has 0 atom stereocenters. The topological polar surface area (TPSA) is 91.4 Å². The van der Waals surface area contributed by atoms with Crippen LogP contribution >= 0.6 is 11.3 Å². The highest BCUT2D eigenvalue weighted by Gasteiger charge is 2.30. The van der Waals surface area contributed by atoms with Gasteiger partial charge in [0.2, 0.25) is 0 Å². The smallest absolute Gasteiger partial charge is 0.339 e. The molecule has 0 spiro atoms. The van der Waals surface area contributed by atoms with Crippen LogP contribution in [-0.4, -0.2) is 65.0 Å². The van der Waals surface area contributed by atoms with Gasteiger partial charge in [0.25, 0.3) is 5.91 Å². The number of rotatable bonds is 5. The van der Waals surface area contributed by atoms with Crippen molar-refractivity contribution < 1.29 is 14.3 Å². The van der Waals surface area contributed by atoms with E-state index in [2.05, 4.69) is 19.9 Å². The molecule has 30 heavy (non-hydrogen) atoms. The first-order valence-electron chi connectivity index (χ1n) is 10.1. The number of thiophene rings is 1. The van der Waals surface area contributed by atoms with Gasteiger partial charge in [0.1, 0.15) is 22.7 Å². The van der Waals surface area contributed by atoms with Crippen LogP contribution < -0.4 is 4.90 Å². The molecule has 9 heteroatoms. The van der Waals surface area contributed by atoms with E-state index in [0.717, 1.165) is 28.0 Å². The molecular formula is C21H25N5O3S. The van der Waals surface area contributed by atoms with Crippen LogP contribution in [-0.2, 0) is 11.2 Å². The van der Waals surface area contributed by atoms with Gasteiger partial charge in [-0.3, -0.25) is 4.79 Å². The van der Waals surface area contributed by atoms with E-state index in [4.69, 9.17) is 4.74 Å². The van der Waals surface area contributed by atoms with Crippen LogP contribution in [0.3, 0.4) is 0 Å². The van der Waals surface area contributed by atoms with E-state index in [9.17, 15) is 9.59 Å². The van der Waals surface area contributed by atoms with Gasteiger partial charge in [-0.2, -0.15) is 0 Å². The fourth-order valence-electron chi connectivity index (χ4n) is 4.05. The number of ether oxygens (including phenoxy) is 1. The molecule has 158 valence electrons. The summed E-state index contributed by atoms with van der Waals surface area (Å²) in [6, 6.07) is 2.04. The summed E-state index contributed by atoms with van der Waals surface area (Å²) in [5.41, 5.74) is 2.42. The molecule has 4 rings (SSSR count). The summed E-state index contributed by atoms with van der Waals surface area (Å²) in [4.78, 5) is 42.5. The molecule has 1 amide bonds. The molecule has 0 aliphatic carbocycles. The van der Waals surface area contributed by atoms with Crippen molar-refractivity contribution in [2.75, 3.05) is 38.2 Å². The Morgan fingerprint density at radius 2 is 2.00 bits per heavy atom. The van der Waals surface area contributed by atoms with Gasteiger partial charge in [0, 0.05) is 31.9 Å². The zero-order valence-electron chi connectivity index (χ0n) is 17.4. The molecule has 0 aromatic carbocycles. The molecule has 8 nitrogen and oxygen atoms in total. The summed E-state index contributed by atoms with van der Waals surface area (Å²) >= 11 is 1.60. The van der Waals surface area contributed by atoms with Crippen molar-refractivity contribution >= 4 is 39.2 Å². The minimum Gasteiger partial charge on any atom is -0.465 e. The van der Waals surface area contributed by atoms with Crippen molar-refractivity contribution in [3.8, 4) is 0 Å². The molecule has 1 aliphatic rings. The Balaban J connectivity index is 1.53. The number of methoxy groups -OCH3 is 1. The van der Waals surface area contributed by atoms with Crippen molar-refractivity contribution in [2.24, 2.45) is 0 Å². The first kappa shape index (κ1) is 20.3. The Hall–Kier alpha value is -2.94. The van der Waals surface area contributed by atoms with E-state index in [1.807, 2.05) is 23.3 Å². The van der Waals surface area contributed by atoms with Crippen molar-refractivity contribution in [3.05, 3.63) is 40.3 Å². The second-order valence-electron chi connectivity index (χ2n) is 7.34. The van der Waals surface area contributed by atoms with Crippen molar-refractivity contribution in [3.63, 3.8) is 0 Å². The molecule has 1 saturated heterocycles. The lowest BCUT2D eigenvalue weighted by Gasteiger charge is -2.35. The number of nitrogens with zero attached hydrogens (tertiary/aromatic N) is 4. The highest BCUT2D eigenvalue weighted by atomic mass is 32.1. The average molecular weight is 428 g/mol. The molecule has 1 N–H and O–H groups in total. The number of hydrogen-bond donors (Lipinski definition) is 1. The lowest BCUT2D eigenvalue weighted by Crippen LogP contribution is -2.49. The Labute approximate surface area is 178 Å². The van der Waals surface area contributed by atoms with Crippen LogP contribution in [0.2, 0.25) is 0 Å². The third-order valence-corrected chi connectivity index (χ3v) is 6.32. The Kier molecular flexibility index (Phi) is 5.72. The van der Waals surface area contributed by atoms with Gasteiger partial charge in [0.05, 0.1) is 18.1 Å². The fourth-order valence-corrected chi connectivity index (χ4v) is 4.77. The summed E-state index contributed by atoms with van der Waals surface area (Å²) in [7, 11) is 1.36. The second kappa shape index (κ2) is 8.43. The SMILES string of the molecule is CCCc1c(C(=O)N2CCN(c3ncnc4sccc34)CC2)[nH]c(C)c1C(=O)OC. The maximum atomic E-state index is 13.3. The Bertz CT molecular complexity index is 1080. The first-order chi connectivity index (χ1) is 14.5. The molecule has 3 aromatic heterocycles. The third-order valence-electron chi connectivity index (χ3n) is 5.50. The fraction of sp³-hybridized carbons (Fsp3) is 0.429. The van der Waals surface area contributed by atoms with E-state index in [1.165, 1.54) is 7.11 Å². The summed E-state index contributed by atoms with van der Waals surface area (Å²) in [6.07, 6.45) is 3.07. The van der Waals surface area contributed by atoms with Crippen LogP contribution in [0.5, 0.6) is 0 Å². The predicted molar refractivity (Wildman–Crippen MR) is 116 cm³/mol. The Morgan fingerprint density at radius 3 is 2.70 bits per heavy atom. The first-order valence-corrected chi connectivity index (χ1v) is 10.9. The highest BCUT2D eigenvalue weighted by molar-refractivity contribution is 7.16. The number of carbonyl (C=O) groups excluding carboxylic acids is 2. The van der Waals surface area contributed by atoms with Gasteiger partial charge >= 0.3 is 5.97 Å². The maximum Gasteiger partial charge on any atom is 0.339 e. The molecule has 4 heterocycles. The van der Waals surface area contributed by atoms with Gasteiger partial charge in [-0.05, 0) is 30.4 Å². The van der Waals surface area contributed by atoms with Crippen LogP contribution in [0.25, 0.3) is 10.2 Å². The molecule has 0 radical (unpaired) electrons. The number of aryl methyl sites for hydroxylation is 1. The van der Waals surface area contributed by atoms with E-state index < -0.39 is 5.97 Å². The highest BCUT2D eigenvalue weighted by Crippen LogP contribution is 2.28. The molecule has 0 saturated carbocycles. The monoisotopic (exact) mass is 427 g/mol. The van der Waals surface area contributed by atoms with Crippen molar-refractivity contribution in [1.82, 2.24) is 19.9 Å². The summed E-state index contributed by atoms with van der Waals surface area (Å²) < 4.78 is 4.93. The van der Waals surface area contributed by atoms with E-state index >= 15 is 0 Å². The van der Waals surface area contributed by atoms with Crippen molar-refractivity contribution in [2.45, 2.75) is 26.7 Å².